The van der Waals surface area contributed by atoms with E-state index in [9.17, 15) is 14.3 Å². The number of phenolic OH excluding ortho intramolecular Hbond substituents is 1. The SMILES string of the molecule is Cn1cc(F)c(-c2ccc(-c3cnc(N(C4CC4)[C@H]4C[C@@H]5CC[C@H](N5)[C@H]4F)nn3)c(O)c2)cc1=O. The molecule has 35 heavy (non-hydrogen) atoms. The first-order valence-corrected chi connectivity index (χ1v) is 12.0. The fourth-order valence-corrected chi connectivity index (χ4v) is 5.42. The van der Waals surface area contributed by atoms with Crippen molar-refractivity contribution in [3.8, 4) is 28.1 Å². The van der Waals surface area contributed by atoms with Crippen molar-refractivity contribution in [3.05, 3.63) is 52.8 Å². The second kappa shape index (κ2) is 8.37. The number of nitrogens with zero attached hydrogens (tertiary/aromatic N) is 5. The van der Waals surface area contributed by atoms with Crippen LogP contribution in [0.25, 0.3) is 22.4 Å². The molecule has 4 atom stereocenters. The topological polar surface area (TPSA) is 96.2 Å². The van der Waals surface area contributed by atoms with Crippen LogP contribution in [0.2, 0.25) is 0 Å². The molecule has 8 nitrogen and oxygen atoms in total. The smallest absolute Gasteiger partial charge is 0.251 e. The lowest BCUT2D eigenvalue weighted by Gasteiger charge is -2.40. The summed E-state index contributed by atoms with van der Waals surface area (Å²) in [6, 6.07) is 5.95. The lowest BCUT2D eigenvalue weighted by molar-refractivity contribution is 0.171. The number of hydrogen-bond donors (Lipinski definition) is 2. The van der Waals surface area contributed by atoms with E-state index in [4.69, 9.17) is 0 Å². The summed E-state index contributed by atoms with van der Waals surface area (Å²) in [5.74, 6) is -0.296. The summed E-state index contributed by atoms with van der Waals surface area (Å²) in [7, 11) is 1.47. The quantitative estimate of drug-likeness (QED) is 0.580. The molecule has 182 valence electrons. The molecule has 2 aromatic heterocycles. The van der Waals surface area contributed by atoms with Gasteiger partial charge in [0.2, 0.25) is 5.95 Å². The Hall–Kier alpha value is -3.40. The average Bonchev–Trinajstić information content (AvgIpc) is 3.59. The van der Waals surface area contributed by atoms with E-state index in [2.05, 4.69) is 20.5 Å². The second-order valence-electron chi connectivity index (χ2n) is 9.79. The molecular formula is C25H26F2N6O2. The first-order valence-electron chi connectivity index (χ1n) is 12.0. The highest BCUT2D eigenvalue weighted by atomic mass is 19.1. The van der Waals surface area contributed by atoms with E-state index in [1.807, 2.05) is 4.90 Å². The summed E-state index contributed by atoms with van der Waals surface area (Å²) in [5, 5.41) is 22.6. The van der Waals surface area contributed by atoms with Crippen molar-refractivity contribution in [1.82, 2.24) is 25.1 Å². The summed E-state index contributed by atoms with van der Waals surface area (Å²) in [4.78, 5) is 18.4. The number of phenols is 1. The molecule has 3 aliphatic rings. The van der Waals surface area contributed by atoms with Crippen LogP contribution >= 0.6 is 0 Å². The van der Waals surface area contributed by atoms with Gasteiger partial charge >= 0.3 is 0 Å². The van der Waals surface area contributed by atoms with Crippen molar-refractivity contribution in [2.75, 3.05) is 4.90 Å². The van der Waals surface area contributed by atoms with Crippen LogP contribution in [-0.2, 0) is 7.05 Å². The van der Waals surface area contributed by atoms with Crippen LogP contribution < -0.4 is 15.8 Å². The third-order valence-electron chi connectivity index (χ3n) is 7.40. The van der Waals surface area contributed by atoms with Crippen molar-refractivity contribution in [2.45, 2.75) is 62.4 Å². The molecule has 2 bridgehead atoms. The molecular weight excluding hydrogens is 454 g/mol. The monoisotopic (exact) mass is 480 g/mol. The van der Waals surface area contributed by atoms with Gasteiger partial charge in [0.05, 0.1) is 12.2 Å². The maximum absolute atomic E-state index is 15.3. The third-order valence-corrected chi connectivity index (χ3v) is 7.40. The van der Waals surface area contributed by atoms with Crippen LogP contribution in [0.5, 0.6) is 5.75 Å². The molecule has 2 N–H and O–H groups in total. The Morgan fingerprint density at radius 2 is 1.97 bits per heavy atom. The first-order chi connectivity index (χ1) is 16.9. The summed E-state index contributed by atoms with van der Waals surface area (Å²) in [6.45, 7) is 0. The summed E-state index contributed by atoms with van der Waals surface area (Å²) >= 11 is 0. The number of pyridine rings is 1. The summed E-state index contributed by atoms with van der Waals surface area (Å²) in [6.07, 6.45) is 6.19. The lowest BCUT2D eigenvalue weighted by atomic mass is 9.96. The number of aromatic nitrogens is 4. The average molecular weight is 481 g/mol. The van der Waals surface area contributed by atoms with Gasteiger partial charge in [0.1, 0.15) is 23.4 Å². The van der Waals surface area contributed by atoms with Crippen molar-refractivity contribution in [3.63, 3.8) is 0 Å². The number of aromatic hydroxyl groups is 1. The molecule has 4 heterocycles. The molecule has 0 unspecified atom stereocenters. The fourth-order valence-electron chi connectivity index (χ4n) is 5.42. The van der Waals surface area contributed by atoms with E-state index in [-0.39, 0.29) is 35.0 Å². The predicted molar refractivity (Wildman–Crippen MR) is 126 cm³/mol. The molecule has 0 radical (unpaired) electrons. The Bertz CT molecular complexity index is 1330. The Balaban J connectivity index is 1.28. The second-order valence-corrected chi connectivity index (χ2v) is 9.79. The van der Waals surface area contributed by atoms with Gasteiger partial charge in [-0.05, 0) is 49.8 Å². The lowest BCUT2D eigenvalue weighted by Crippen LogP contribution is -2.57. The standard InChI is InChI=1S/C25H26F2N6O2/c1-32-12-18(26)17(10-23(32)35)13-2-6-16(22(34)8-13)20-11-28-25(31-30-20)33(15-4-5-15)21-9-14-3-7-19(29-14)24(21)27/h2,6,8,10-12,14-15,19,21,24,29,34H,3-5,7,9H2,1H3/t14-,19-,21-,24+/m0/s1. The van der Waals surface area contributed by atoms with Crippen molar-refractivity contribution >= 4 is 5.95 Å². The van der Waals surface area contributed by atoms with Gasteiger partial charge in [-0.1, -0.05) is 6.07 Å². The van der Waals surface area contributed by atoms with Gasteiger partial charge in [-0.25, -0.2) is 13.8 Å². The van der Waals surface area contributed by atoms with E-state index in [0.29, 0.717) is 28.8 Å². The molecule has 1 aromatic carbocycles. The van der Waals surface area contributed by atoms with Crippen molar-refractivity contribution in [2.24, 2.45) is 7.05 Å². The molecule has 6 rings (SSSR count). The minimum atomic E-state index is -0.982. The van der Waals surface area contributed by atoms with Crippen LogP contribution in [0.1, 0.15) is 32.1 Å². The highest BCUT2D eigenvalue weighted by Gasteiger charge is 2.48. The van der Waals surface area contributed by atoms with E-state index in [1.54, 1.807) is 12.1 Å². The number of hydrogen-bond acceptors (Lipinski definition) is 7. The van der Waals surface area contributed by atoms with E-state index < -0.39 is 12.0 Å². The normalized spacial score (nSPS) is 25.6. The number of benzene rings is 1. The number of aryl methyl sites for hydroxylation is 1. The Labute approximate surface area is 200 Å². The van der Waals surface area contributed by atoms with Gasteiger partial charge in [-0.15, -0.1) is 10.2 Å². The minimum absolute atomic E-state index is 0.103. The van der Waals surface area contributed by atoms with Gasteiger partial charge in [0.25, 0.3) is 5.56 Å². The van der Waals surface area contributed by atoms with Crippen LogP contribution in [0.3, 0.4) is 0 Å². The fraction of sp³-hybridized carbons (Fsp3) is 0.440. The van der Waals surface area contributed by atoms with Crippen LogP contribution in [0, 0.1) is 5.82 Å². The third kappa shape index (κ3) is 3.95. The number of nitrogens with one attached hydrogen (secondary N) is 1. The van der Waals surface area contributed by atoms with Crippen LogP contribution in [-0.4, -0.2) is 55.2 Å². The van der Waals surface area contributed by atoms with Crippen LogP contribution in [0.4, 0.5) is 14.7 Å². The Kier molecular flexibility index (Phi) is 5.28. The first kappa shape index (κ1) is 22.1. The van der Waals surface area contributed by atoms with Crippen molar-refractivity contribution in [1.29, 1.82) is 0 Å². The van der Waals surface area contributed by atoms with Gasteiger partial charge in [-0.2, -0.15) is 0 Å². The predicted octanol–water partition coefficient (Wildman–Crippen LogP) is 2.95. The molecule has 2 aliphatic heterocycles. The maximum atomic E-state index is 15.3. The number of rotatable bonds is 5. The zero-order chi connectivity index (χ0) is 24.3. The zero-order valence-corrected chi connectivity index (χ0v) is 19.2. The van der Waals surface area contributed by atoms with Crippen molar-refractivity contribution < 1.29 is 13.9 Å². The van der Waals surface area contributed by atoms with Crippen LogP contribution in [0.15, 0.2) is 41.5 Å². The largest absolute Gasteiger partial charge is 0.507 e. The number of halogens is 2. The number of fused-ring (bicyclic) bond motifs is 2. The highest BCUT2D eigenvalue weighted by molar-refractivity contribution is 5.74. The molecule has 0 spiro atoms. The molecule has 1 saturated carbocycles. The molecule has 3 fully saturated rings. The van der Waals surface area contributed by atoms with E-state index >= 15 is 4.39 Å². The van der Waals surface area contributed by atoms with Gasteiger partial charge in [-0.3, -0.25) is 4.79 Å². The zero-order valence-electron chi connectivity index (χ0n) is 19.2. The Morgan fingerprint density at radius 1 is 1.14 bits per heavy atom. The molecule has 1 aliphatic carbocycles. The molecule has 2 saturated heterocycles. The molecule has 3 aromatic rings. The van der Waals surface area contributed by atoms with E-state index in [1.165, 1.54) is 25.4 Å². The molecule has 10 heteroatoms. The Morgan fingerprint density at radius 3 is 2.69 bits per heavy atom. The number of piperidine rings is 1. The van der Waals surface area contributed by atoms with Gasteiger partial charge < -0.3 is 19.9 Å². The maximum Gasteiger partial charge on any atom is 0.251 e. The number of alkyl halides is 1. The van der Waals surface area contributed by atoms with Gasteiger partial charge in [0, 0.05) is 48.6 Å². The van der Waals surface area contributed by atoms with E-state index in [0.717, 1.165) is 42.9 Å². The molecule has 0 amide bonds. The van der Waals surface area contributed by atoms with Gasteiger partial charge in [0.15, 0.2) is 0 Å². The number of anilines is 1. The summed E-state index contributed by atoms with van der Waals surface area (Å²) < 4.78 is 30.8. The summed E-state index contributed by atoms with van der Waals surface area (Å²) in [5.41, 5.74) is 0.846. The minimum Gasteiger partial charge on any atom is -0.507 e. The highest BCUT2D eigenvalue weighted by Crippen LogP contribution is 2.40.